The maximum Gasteiger partial charge on any atom is 0.211 e. The van der Waals surface area contributed by atoms with E-state index in [1.165, 1.54) is 0 Å². The first kappa shape index (κ1) is 16.7. The molecule has 0 amide bonds. The molecule has 0 bridgehead atoms. The Morgan fingerprint density at radius 1 is 0.607 bits per heavy atom. The van der Waals surface area contributed by atoms with Gasteiger partial charge in [-0.3, -0.25) is 0 Å². The van der Waals surface area contributed by atoms with E-state index in [0.29, 0.717) is 0 Å². The number of thiazole rings is 1. The number of hydrogen-bond donors (Lipinski definition) is 0. The SMILES string of the molecule is c1ccc(-c2csc(-n3nc(-c4ccccc4)cc3-c3ccccc3)n2)cc1. The van der Waals surface area contributed by atoms with E-state index in [2.05, 4.69) is 47.8 Å². The average molecular weight is 379 g/mol. The van der Waals surface area contributed by atoms with Crippen LogP contribution < -0.4 is 0 Å². The zero-order valence-corrected chi connectivity index (χ0v) is 15.9. The Balaban J connectivity index is 1.64. The lowest BCUT2D eigenvalue weighted by atomic mass is 10.1. The summed E-state index contributed by atoms with van der Waals surface area (Å²) in [6.07, 6.45) is 0. The van der Waals surface area contributed by atoms with Crippen molar-refractivity contribution in [3.05, 3.63) is 102 Å². The van der Waals surface area contributed by atoms with Crippen LogP contribution >= 0.6 is 11.3 Å². The molecule has 5 rings (SSSR count). The molecule has 0 spiro atoms. The van der Waals surface area contributed by atoms with Crippen molar-refractivity contribution in [2.45, 2.75) is 0 Å². The molecule has 0 aliphatic carbocycles. The first-order valence-electron chi connectivity index (χ1n) is 9.11. The molecule has 2 aromatic heterocycles. The molecule has 2 heterocycles. The third-order valence-corrected chi connectivity index (χ3v) is 5.41. The molecule has 5 aromatic rings. The van der Waals surface area contributed by atoms with E-state index in [4.69, 9.17) is 10.1 Å². The largest absolute Gasteiger partial charge is 0.218 e. The molecule has 0 aliphatic rings. The Labute approximate surface area is 167 Å². The van der Waals surface area contributed by atoms with Gasteiger partial charge in [0.1, 0.15) is 0 Å². The van der Waals surface area contributed by atoms with Crippen LogP contribution in [0, 0.1) is 0 Å². The maximum absolute atomic E-state index is 4.90. The summed E-state index contributed by atoms with van der Waals surface area (Å²) in [7, 11) is 0. The molecule has 0 aliphatic heterocycles. The van der Waals surface area contributed by atoms with Crippen LogP contribution in [-0.4, -0.2) is 14.8 Å². The van der Waals surface area contributed by atoms with E-state index in [1.807, 2.05) is 59.3 Å². The topological polar surface area (TPSA) is 30.7 Å². The van der Waals surface area contributed by atoms with Crippen LogP contribution in [0.15, 0.2) is 102 Å². The number of nitrogens with zero attached hydrogens (tertiary/aromatic N) is 3. The monoisotopic (exact) mass is 379 g/mol. The summed E-state index contributed by atoms with van der Waals surface area (Å²) >= 11 is 1.60. The maximum atomic E-state index is 4.90. The molecule has 3 nitrogen and oxygen atoms in total. The van der Waals surface area contributed by atoms with Crippen LogP contribution in [0.5, 0.6) is 0 Å². The lowest BCUT2D eigenvalue weighted by Gasteiger charge is -2.03. The third-order valence-electron chi connectivity index (χ3n) is 4.59. The van der Waals surface area contributed by atoms with Gasteiger partial charge < -0.3 is 0 Å². The molecule has 0 unspecified atom stereocenters. The minimum Gasteiger partial charge on any atom is -0.218 e. The van der Waals surface area contributed by atoms with E-state index in [9.17, 15) is 0 Å². The molecular weight excluding hydrogens is 362 g/mol. The number of hydrogen-bond acceptors (Lipinski definition) is 3. The van der Waals surface area contributed by atoms with Crippen molar-refractivity contribution >= 4 is 11.3 Å². The second kappa shape index (κ2) is 7.25. The van der Waals surface area contributed by atoms with Crippen molar-refractivity contribution in [3.8, 4) is 38.9 Å². The molecule has 0 saturated heterocycles. The van der Waals surface area contributed by atoms with E-state index >= 15 is 0 Å². The Hall–Kier alpha value is -3.50. The number of benzene rings is 3. The van der Waals surface area contributed by atoms with Crippen molar-refractivity contribution in [3.63, 3.8) is 0 Å². The minimum atomic E-state index is 0.861. The lowest BCUT2D eigenvalue weighted by molar-refractivity contribution is 0.881. The van der Waals surface area contributed by atoms with Gasteiger partial charge in [0.15, 0.2) is 0 Å². The van der Waals surface area contributed by atoms with Gasteiger partial charge in [0.2, 0.25) is 5.13 Å². The fourth-order valence-corrected chi connectivity index (χ4v) is 3.99. The Morgan fingerprint density at radius 3 is 1.75 bits per heavy atom. The van der Waals surface area contributed by atoms with Gasteiger partial charge >= 0.3 is 0 Å². The summed E-state index contributed by atoms with van der Waals surface area (Å²) < 4.78 is 1.95. The standard InChI is InChI=1S/C24H17N3S/c1-4-10-18(11-5-1)21-16-23(20-14-8-3-9-15-20)27(26-21)24-25-22(17-28-24)19-12-6-2-7-13-19/h1-17H. The molecule has 0 N–H and O–H groups in total. The molecule has 0 radical (unpaired) electrons. The first-order valence-corrected chi connectivity index (χ1v) is 9.99. The van der Waals surface area contributed by atoms with E-state index < -0.39 is 0 Å². The van der Waals surface area contributed by atoms with Gasteiger partial charge in [-0.05, 0) is 6.07 Å². The summed E-state index contributed by atoms with van der Waals surface area (Å²) in [5.74, 6) is 0. The van der Waals surface area contributed by atoms with Crippen molar-refractivity contribution in [2.24, 2.45) is 0 Å². The number of rotatable bonds is 4. The average Bonchev–Trinajstić information content (AvgIpc) is 3.43. The summed E-state index contributed by atoms with van der Waals surface area (Å²) in [5, 5.41) is 7.85. The summed E-state index contributed by atoms with van der Waals surface area (Å²) in [6.45, 7) is 0. The summed E-state index contributed by atoms with van der Waals surface area (Å²) in [5.41, 5.74) is 6.27. The smallest absolute Gasteiger partial charge is 0.211 e. The second-order valence-electron chi connectivity index (χ2n) is 6.44. The molecular formula is C24H17N3S. The van der Waals surface area contributed by atoms with Crippen molar-refractivity contribution < 1.29 is 0 Å². The number of aromatic nitrogens is 3. The van der Waals surface area contributed by atoms with E-state index in [0.717, 1.165) is 38.9 Å². The predicted molar refractivity (Wildman–Crippen MR) is 116 cm³/mol. The van der Waals surface area contributed by atoms with Gasteiger partial charge in [0, 0.05) is 22.1 Å². The predicted octanol–water partition coefficient (Wildman–Crippen LogP) is 6.33. The quantitative estimate of drug-likeness (QED) is 0.365. The van der Waals surface area contributed by atoms with Gasteiger partial charge in [-0.1, -0.05) is 91.0 Å². The van der Waals surface area contributed by atoms with Gasteiger partial charge in [-0.2, -0.15) is 5.10 Å². The van der Waals surface area contributed by atoms with Crippen LogP contribution in [-0.2, 0) is 0 Å². The zero-order valence-electron chi connectivity index (χ0n) is 15.1. The van der Waals surface area contributed by atoms with Crippen LogP contribution in [0.2, 0.25) is 0 Å². The lowest BCUT2D eigenvalue weighted by Crippen LogP contribution is -1.98. The van der Waals surface area contributed by atoms with Crippen LogP contribution in [0.4, 0.5) is 0 Å². The van der Waals surface area contributed by atoms with Crippen LogP contribution in [0.25, 0.3) is 38.9 Å². The normalized spacial score (nSPS) is 10.9. The molecule has 134 valence electrons. The molecule has 0 fully saturated rings. The highest BCUT2D eigenvalue weighted by Crippen LogP contribution is 2.31. The minimum absolute atomic E-state index is 0.861. The summed E-state index contributed by atoms with van der Waals surface area (Å²) in [6, 6.07) is 33.0. The highest BCUT2D eigenvalue weighted by atomic mass is 32.1. The highest BCUT2D eigenvalue weighted by molar-refractivity contribution is 7.12. The summed E-state index contributed by atoms with van der Waals surface area (Å²) in [4.78, 5) is 4.86. The van der Waals surface area contributed by atoms with Crippen molar-refractivity contribution in [1.29, 1.82) is 0 Å². The molecule has 3 aromatic carbocycles. The van der Waals surface area contributed by atoms with Gasteiger partial charge in [0.05, 0.1) is 17.1 Å². The van der Waals surface area contributed by atoms with Gasteiger partial charge in [-0.25, -0.2) is 9.67 Å². The van der Waals surface area contributed by atoms with Crippen molar-refractivity contribution in [1.82, 2.24) is 14.8 Å². The van der Waals surface area contributed by atoms with Gasteiger partial charge in [-0.15, -0.1) is 11.3 Å². The van der Waals surface area contributed by atoms with Crippen molar-refractivity contribution in [2.75, 3.05) is 0 Å². The molecule has 4 heteroatoms. The Kier molecular flexibility index (Phi) is 4.31. The molecule has 0 atom stereocenters. The highest BCUT2D eigenvalue weighted by Gasteiger charge is 2.16. The molecule has 28 heavy (non-hydrogen) atoms. The fraction of sp³-hybridized carbons (Fsp3) is 0. The Morgan fingerprint density at radius 2 is 1.14 bits per heavy atom. The van der Waals surface area contributed by atoms with Crippen LogP contribution in [0.1, 0.15) is 0 Å². The first-order chi connectivity index (χ1) is 13.9. The molecule has 0 saturated carbocycles. The van der Waals surface area contributed by atoms with Gasteiger partial charge in [0.25, 0.3) is 0 Å². The fourth-order valence-electron chi connectivity index (χ4n) is 3.19. The van der Waals surface area contributed by atoms with E-state index in [1.54, 1.807) is 11.3 Å². The Bertz CT molecular complexity index is 1190. The van der Waals surface area contributed by atoms with Crippen LogP contribution in [0.3, 0.4) is 0 Å². The second-order valence-corrected chi connectivity index (χ2v) is 7.28. The third kappa shape index (κ3) is 3.15. The van der Waals surface area contributed by atoms with E-state index in [-0.39, 0.29) is 0 Å². The zero-order chi connectivity index (χ0) is 18.8.